The first-order valence-corrected chi connectivity index (χ1v) is 6.65. The maximum Gasteiger partial charge on any atom is 0.180 e. The van der Waals surface area contributed by atoms with Crippen LogP contribution in [0.4, 0.5) is 10.8 Å². The molecule has 0 bridgehead atoms. The maximum absolute atomic E-state index is 5.63. The summed E-state index contributed by atoms with van der Waals surface area (Å²) in [5, 5.41) is 0.608. The largest absolute Gasteiger partial charge is 0.492 e. The normalized spacial score (nSPS) is 10.3. The highest BCUT2D eigenvalue weighted by Gasteiger charge is 2.09. The van der Waals surface area contributed by atoms with Crippen LogP contribution in [-0.2, 0) is 6.54 Å². The van der Waals surface area contributed by atoms with Crippen LogP contribution in [-0.4, -0.2) is 18.6 Å². The zero-order valence-electron chi connectivity index (χ0n) is 10.6. The minimum atomic E-state index is 0.608. The lowest BCUT2D eigenvalue weighted by molar-refractivity contribution is 0.340. The Hall–Kier alpha value is -1.75. The lowest BCUT2D eigenvalue weighted by atomic mass is 10.2. The first kappa shape index (κ1) is 12.7. The molecule has 4 nitrogen and oxygen atoms in total. The van der Waals surface area contributed by atoms with Crippen LogP contribution in [0.15, 0.2) is 30.5 Å². The van der Waals surface area contributed by atoms with Gasteiger partial charge in [-0.2, -0.15) is 0 Å². The van der Waals surface area contributed by atoms with Gasteiger partial charge in [-0.25, -0.2) is 4.98 Å². The van der Waals surface area contributed by atoms with Gasteiger partial charge in [-0.1, -0.05) is 12.1 Å². The van der Waals surface area contributed by atoms with E-state index in [4.69, 9.17) is 10.5 Å². The molecule has 5 heteroatoms. The number of hydrogen-bond donors (Lipinski definition) is 1. The van der Waals surface area contributed by atoms with Gasteiger partial charge in [0.15, 0.2) is 5.13 Å². The summed E-state index contributed by atoms with van der Waals surface area (Å²) in [5.74, 6) is 0.903. The van der Waals surface area contributed by atoms with Crippen molar-refractivity contribution in [2.24, 2.45) is 0 Å². The van der Waals surface area contributed by atoms with E-state index in [1.54, 1.807) is 0 Å². The highest BCUT2D eigenvalue weighted by Crippen LogP contribution is 2.29. The third kappa shape index (κ3) is 2.92. The molecule has 2 N–H and O–H groups in total. The van der Waals surface area contributed by atoms with Gasteiger partial charge < -0.3 is 15.4 Å². The molecule has 0 spiro atoms. The number of aromatic nitrogens is 1. The SMILES string of the molecule is CCOc1ccccc1N(C)Cc1cnc(N)s1. The fraction of sp³-hybridized carbons (Fsp3) is 0.308. The molecule has 0 radical (unpaired) electrons. The van der Waals surface area contributed by atoms with E-state index in [1.807, 2.05) is 38.4 Å². The van der Waals surface area contributed by atoms with Crippen LogP contribution in [0.3, 0.4) is 0 Å². The van der Waals surface area contributed by atoms with Crippen molar-refractivity contribution >= 4 is 22.2 Å². The topological polar surface area (TPSA) is 51.4 Å². The molecule has 1 heterocycles. The Balaban J connectivity index is 2.15. The van der Waals surface area contributed by atoms with Crippen molar-refractivity contribution in [3.8, 4) is 5.75 Å². The Labute approximate surface area is 111 Å². The third-order valence-corrected chi connectivity index (χ3v) is 3.35. The van der Waals surface area contributed by atoms with Crippen molar-refractivity contribution < 1.29 is 4.74 Å². The predicted molar refractivity (Wildman–Crippen MR) is 76.2 cm³/mol. The zero-order valence-corrected chi connectivity index (χ0v) is 11.4. The van der Waals surface area contributed by atoms with Crippen molar-refractivity contribution in [3.05, 3.63) is 35.3 Å². The van der Waals surface area contributed by atoms with Crippen LogP contribution >= 0.6 is 11.3 Å². The van der Waals surface area contributed by atoms with E-state index in [-0.39, 0.29) is 0 Å². The number of nitrogens with two attached hydrogens (primary N) is 1. The molecular formula is C13H17N3OS. The van der Waals surface area contributed by atoms with E-state index >= 15 is 0 Å². The van der Waals surface area contributed by atoms with E-state index in [1.165, 1.54) is 11.3 Å². The van der Waals surface area contributed by atoms with Gasteiger partial charge in [0.1, 0.15) is 5.75 Å². The monoisotopic (exact) mass is 263 g/mol. The summed E-state index contributed by atoms with van der Waals surface area (Å²) >= 11 is 1.51. The molecule has 18 heavy (non-hydrogen) atoms. The van der Waals surface area contributed by atoms with Gasteiger partial charge in [-0.3, -0.25) is 0 Å². The molecule has 0 aliphatic rings. The number of para-hydroxylation sites is 2. The summed E-state index contributed by atoms with van der Waals surface area (Å²) in [5.41, 5.74) is 6.71. The zero-order chi connectivity index (χ0) is 13.0. The summed E-state index contributed by atoms with van der Waals surface area (Å²) in [4.78, 5) is 7.34. The third-order valence-electron chi connectivity index (χ3n) is 2.54. The molecule has 0 fully saturated rings. The molecule has 0 saturated heterocycles. The van der Waals surface area contributed by atoms with E-state index in [0.717, 1.165) is 22.9 Å². The molecule has 2 rings (SSSR count). The minimum Gasteiger partial charge on any atom is -0.492 e. The predicted octanol–water partition coefficient (Wildman–Crippen LogP) is 2.76. The van der Waals surface area contributed by atoms with Gasteiger partial charge in [0.05, 0.1) is 18.8 Å². The van der Waals surface area contributed by atoms with Gasteiger partial charge in [0.25, 0.3) is 0 Å². The fourth-order valence-electron chi connectivity index (χ4n) is 1.76. The van der Waals surface area contributed by atoms with Crippen LogP contribution in [0.2, 0.25) is 0 Å². The maximum atomic E-state index is 5.63. The number of hydrogen-bond acceptors (Lipinski definition) is 5. The van der Waals surface area contributed by atoms with Gasteiger partial charge in [0, 0.05) is 18.1 Å². The Kier molecular flexibility index (Phi) is 4.04. The van der Waals surface area contributed by atoms with Gasteiger partial charge in [-0.05, 0) is 19.1 Å². The molecule has 0 aliphatic heterocycles. The summed E-state index contributed by atoms with van der Waals surface area (Å²) in [6, 6.07) is 8.02. The summed E-state index contributed by atoms with van der Waals surface area (Å²) in [6.45, 7) is 3.43. The van der Waals surface area contributed by atoms with E-state index < -0.39 is 0 Å². The Morgan fingerprint density at radius 1 is 1.39 bits per heavy atom. The second kappa shape index (κ2) is 5.73. The number of ether oxygens (including phenoxy) is 1. The molecule has 0 amide bonds. The number of benzene rings is 1. The molecule has 0 aliphatic carbocycles. The molecule has 0 saturated carbocycles. The van der Waals surface area contributed by atoms with E-state index in [0.29, 0.717) is 11.7 Å². The van der Waals surface area contributed by atoms with Crippen molar-refractivity contribution in [1.82, 2.24) is 4.98 Å². The number of nitrogen functional groups attached to an aromatic ring is 1. The van der Waals surface area contributed by atoms with Crippen molar-refractivity contribution in [3.63, 3.8) is 0 Å². The average Bonchev–Trinajstić information content (AvgIpc) is 2.76. The molecule has 1 aromatic heterocycles. The van der Waals surface area contributed by atoms with Crippen LogP contribution < -0.4 is 15.4 Å². The smallest absolute Gasteiger partial charge is 0.180 e. The lowest BCUT2D eigenvalue weighted by Crippen LogP contribution is -2.16. The quantitative estimate of drug-likeness (QED) is 0.901. The van der Waals surface area contributed by atoms with Gasteiger partial charge >= 0.3 is 0 Å². The van der Waals surface area contributed by atoms with Crippen LogP contribution in [0.1, 0.15) is 11.8 Å². The first-order valence-electron chi connectivity index (χ1n) is 5.84. The van der Waals surface area contributed by atoms with E-state index in [2.05, 4.69) is 16.0 Å². The molecule has 0 atom stereocenters. The summed E-state index contributed by atoms with van der Waals surface area (Å²) < 4.78 is 5.62. The van der Waals surface area contributed by atoms with E-state index in [9.17, 15) is 0 Å². The van der Waals surface area contributed by atoms with Crippen molar-refractivity contribution in [1.29, 1.82) is 0 Å². The number of rotatable bonds is 5. The van der Waals surface area contributed by atoms with Crippen molar-refractivity contribution in [2.45, 2.75) is 13.5 Å². The Morgan fingerprint density at radius 3 is 2.83 bits per heavy atom. The average molecular weight is 263 g/mol. The van der Waals surface area contributed by atoms with Crippen LogP contribution in [0.25, 0.3) is 0 Å². The molecule has 0 unspecified atom stereocenters. The molecular weight excluding hydrogens is 246 g/mol. The molecule has 2 aromatic rings. The number of thiazole rings is 1. The fourth-order valence-corrected chi connectivity index (χ4v) is 2.50. The summed E-state index contributed by atoms with van der Waals surface area (Å²) in [6.07, 6.45) is 1.82. The standard InChI is InChI=1S/C13H17N3OS/c1-3-17-12-7-5-4-6-11(12)16(2)9-10-8-15-13(14)18-10/h4-8H,3,9H2,1-2H3,(H2,14,15). The number of nitrogens with zero attached hydrogens (tertiary/aromatic N) is 2. The van der Waals surface area contributed by atoms with Crippen molar-refractivity contribution in [2.75, 3.05) is 24.3 Å². The molecule has 1 aromatic carbocycles. The minimum absolute atomic E-state index is 0.608. The second-order valence-electron chi connectivity index (χ2n) is 3.92. The Bertz CT molecular complexity index is 512. The first-order chi connectivity index (χ1) is 8.70. The summed E-state index contributed by atoms with van der Waals surface area (Å²) in [7, 11) is 2.04. The van der Waals surface area contributed by atoms with Gasteiger partial charge in [0.2, 0.25) is 0 Å². The highest BCUT2D eigenvalue weighted by molar-refractivity contribution is 7.15. The second-order valence-corrected chi connectivity index (χ2v) is 5.07. The number of anilines is 2. The van der Waals surface area contributed by atoms with Crippen LogP contribution in [0.5, 0.6) is 5.75 Å². The highest BCUT2D eigenvalue weighted by atomic mass is 32.1. The van der Waals surface area contributed by atoms with Crippen LogP contribution in [0, 0.1) is 0 Å². The lowest BCUT2D eigenvalue weighted by Gasteiger charge is -2.21. The Morgan fingerprint density at radius 2 is 2.17 bits per heavy atom. The molecule has 96 valence electrons. The van der Waals surface area contributed by atoms with Gasteiger partial charge in [-0.15, -0.1) is 11.3 Å².